The first-order chi connectivity index (χ1) is 11.1. The van der Waals surface area contributed by atoms with Crippen LogP contribution in [0, 0.1) is 0 Å². The minimum atomic E-state index is -0.595. The quantitative estimate of drug-likeness (QED) is 0.642. The summed E-state index contributed by atoms with van der Waals surface area (Å²) in [7, 11) is 0. The lowest BCUT2D eigenvalue weighted by Crippen LogP contribution is -2.41. The van der Waals surface area contributed by atoms with Crippen LogP contribution in [0.1, 0.15) is 21.0 Å². The first kappa shape index (κ1) is 14.9. The highest BCUT2D eigenvalue weighted by molar-refractivity contribution is 6.30. The van der Waals surface area contributed by atoms with Gasteiger partial charge in [-0.3, -0.25) is 20.4 Å². The van der Waals surface area contributed by atoms with Crippen LogP contribution in [0.3, 0.4) is 0 Å². The van der Waals surface area contributed by atoms with E-state index in [2.05, 4.69) is 21.0 Å². The lowest BCUT2D eigenvalue weighted by molar-refractivity contribution is 0.0839. The zero-order valence-electron chi connectivity index (χ0n) is 11.7. The average molecular weight is 331 g/mol. The Bertz CT molecular complexity index is 842. The van der Waals surface area contributed by atoms with Gasteiger partial charge in [-0.05, 0) is 24.3 Å². The minimum Gasteiger partial charge on any atom is -0.357 e. The van der Waals surface area contributed by atoms with Crippen LogP contribution >= 0.6 is 11.6 Å². The molecule has 1 aromatic carbocycles. The summed E-state index contributed by atoms with van der Waals surface area (Å²) in [5.41, 5.74) is 5.58. The summed E-state index contributed by atoms with van der Waals surface area (Å²) in [6.45, 7) is 0. The SMILES string of the molecule is O=C(NNC(=O)c1ccc[nH]1)c1cc(-c2cccc(Cl)c2)on1. The van der Waals surface area contributed by atoms with E-state index in [-0.39, 0.29) is 5.69 Å². The standard InChI is InChI=1S/C15H11ClN4O3/c16-10-4-1-3-9(7-10)13-8-12(20-23-13)15(22)19-18-14(21)11-5-2-6-17-11/h1-8,17H,(H,18,21)(H,19,22). The molecule has 0 unspecified atom stereocenters. The monoisotopic (exact) mass is 330 g/mol. The van der Waals surface area contributed by atoms with Crippen molar-refractivity contribution >= 4 is 23.4 Å². The van der Waals surface area contributed by atoms with Gasteiger partial charge in [0.05, 0.1) is 0 Å². The van der Waals surface area contributed by atoms with Crippen LogP contribution in [0.4, 0.5) is 0 Å². The summed E-state index contributed by atoms with van der Waals surface area (Å²) in [5, 5.41) is 4.22. The molecule has 0 saturated carbocycles. The van der Waals surface area contributed by atoms with Crippen molar-refractivity contribution in [2.75, 3.05) is 0 Å². The molecule has 0 atom stereocenters. The molecule has 0 aliphatic carbocycles. The predicted molar refractivity (Wildman–Crippen MR) is 82.7 cm³/mol. The van der Waals surface area contributed by atoms with Crippen molar-refractivity contribution in [1.82, 2.24) is 21.0 Å². The molecule has 0 aliphatic heterocycles. The summed E-state index contributed by atoms with van der Waals surface area (Å²) in [6, 6.07) is 11.7. The maximum absolute atomic E-state index is 11.9. The van der Waals surface area contributed by atoms with Crippen molar-refractivity contribution in [2.24, 2.45) is 0 Å². The molecule has 0 fully saturated rings. The van der Waals surface area contributed by atoms with Crippen LogP contribution in [-0.4, -0.2) is 22.0 Å². The minimum absolute atomic E-state index is 0.0340. The van der Waals surface area contributed by atoms with Gasteiger partial charge in [0.15, 0.2) is 11.5 Å². The van der Waals surface area contributed by atoms with Crippen molar-refractivity contribution in [3.8, 4) is 11.3 Å². The molecule has 8 heteroatoms. The lowest BCUT2D eigenvalue weighted by Gasteiger charge is -2.03. The van der Waals surface area contributed by atoms with E-state index < -0.39 is 11.8 Å². The van der Waals surface area contributed by atoms with Crippen LogP contribution in [0.15, 0.2) is 53.2 Å². The van der Waals surface area contributed by atoms with E-state index in [1.54, 1.807) is 42.6 Å². The molecular weight excluding hydrogens is 320 g/mol. The molecule has 3 aromatic rings. The van der Waals surface area contributed by atoms with Crippen LogP contribution in [0.25, 0.3) is 11.3 Å². The predicted octanol–water partition coefficient (Wildman–Crippen LogP) is 2.40. The van der Waals surface area contributed by atoms with Crippen molar-refractivity contribution < 1.29 is 14.1 Å². The smallest absolute Gasteiger partial charge is 0.291 e. The fraction of sp³-hybridized carbons (Fsp3) is 0. The second kappa shape index (κ2) is 6.37. The molecule has 0 saturated heterocycles. The Balaban J connectivity index is 1.66. The number of halogens is 1. The number of aromatic amines is 1. The summed E-state index contributed by atoms with van der Waals surface area (Å²) in [6.07, 6.45) is 1.60. The third kappa shape index (κ3) is 3.41. The van der Waals surface area contributed by atoms with Crippen molar-refractivity contribution in [2.45, 2.75) is 0 Å². The summed E-state index contributed by atoms with van der Waals surface area (Å²) >= 11 is 5.91. The third-order valence-corrected chi connectivity index (χ3v) is 3.22. The first-order valence-corrected chi connectivity index (χ1v) is 6.98. The molecule has 2 aromatic heterocycles. The Hall–Kier alpha value is -3.06. The number of nitrogens with zero attached hydrogens (tertiary/aromatic N) is 1. The number of nitrogens with one attached hydrogen (secondary N) is 3. The van der Waals surface area contributed by atoms with Crippen LogP contribution in [-0.2, 0) is 0 Å². The van der Waals surface area contributed by atoms with Gasteiger partial charge in [-0.15, -0.1) is 0 Å². The molecule has 23 heavy (non-hydrogen) atoms. The number of hydrogen-bond donors (Lipinski definition) is 3. The lowest BCUT2D eigenvalue weighted by atomic mass is 10.1. The van der Waals surface area contributed by atoms with Crippen LogP contribution < -0.4 is 10.9 Å². The normalized spacial score (nSPS) is 10.3. The highest BCUT2D eigenvalue weighted by Crippen LogP contribution is 2.23. The topological polar surface area (TPSA) is 100 Å². The second-order valence-corrected chi connectivity index (χ2v) is 5.02. The number of H-pyrrole nitrogens is 1. The first-order valence-electron chi connectivity index (χ1n) is 6.60. The number of aromatic nitrogens is 2. The molecule has 0 radical (unpaired) electrons. The van der Waals surface area contributed by atoms with E-state index in [9.17, 15) is 9.59 Å². The zero-order chi connectivity index (χ0) is 16.2. The molecular formula is C15H11ClN4O3. The Morgan fingerprint density at radius 3 is 2.65 bits per heavy atom. The summed E-state index contributed by atoms with van der Waals surface area (Å²) in [4.78, 5) is 26.4. The van der Waals surface area contributed by atoms with Crippen molar-refractivity contribution in [3.63, 3.8) is 0 Å². The maximum atomic E-state index is 11.9. The molecule has 0 spiro atoms. The Morgan fingerprint density at radius 1 is 1.09 bits per heavy atom. The highest BCUT2D eigenvalue weighted by Gasteiger charge is 2.15. The van der Waals surface area contributed by atoms with Crippen LogP contribution in [0.2, 0.25) is 5.02 Å². The molecule has 3 rings (SSSR count). The van der Waals surface area contributed by atoms with Gasteiger partial charge in [-0.25, -0.2) is 0 Å². The number of carbonyl (C=O) groups is 2. The van der Waals surface area contributed by atoms with E-state index in [0.717, 1.165) is 0 Å². The molecule has 116 valence electrons. The second-order valence-electron chi connectivity index (χ2n) is 4.58. The molecule has 0 bridgehead atoms. The number of benzene rings is 1. The van der Waals surface area contributed by atoms with Gasteiger partial charge in [0.1, 0.15) is 5.69 Å². The molecule has 2 heterocycles. The van der Waals surface area contributed by atoms with E-state index in [0.29, 0.717) is 22.0 Å². The third-order valence-electron chi connectivity index (χ3n) is 2.98. The van der Waals surface area contributed by atoms with Crippen LogP contribution in [0.5, 0.6) is 0 Å². The Kier molecular flexibility index (Phi) is 4.11. The van der Waals surface area contributed by atoms with Gasteiger partial charge in [-0.1, -0.05) is 28.9 Å². The number of carbonyl (C=O) groups excluding carboxylic acids is 2. The molecule has 7 nitrogen and oxygen atoms in total. The van der Waals surface area contributed by atoms with Gasteiger partial charge in [0, 0.05) is 22.8 Å². The fourth-order valence-corrected chi connectivity index (χ4v) is 2.07. The summed E-state index contributed by atoms with van der Waals surface area (Å²) in [5.74, 6) is -0.669. The number of amides is 2. The average Bonchev–Trinajstić information content (AvgIpc) is 3.23. The van der Waals surface area contributed by atoms with E-state index in [1.165, 1.54) is 6.07 Å². The molecule has 2 amide bonds. The fourth-order valence-electron chi connectivity index (χ4n) is 1.88. The van der Waals surface area contributed by atoms with Gasteiger partial charge in [0.25, 0.3) is 11.8 Å². The molecule has 0 aliphatic rings. The van der Waals surface area contributed by atoms with Gasteiger partial charge >= 0.3 is 0 Å². The van der Waals surface area contributed by atoms with Gasteiger partial charge in [0.2, 0.25) is 0 Å². The van der Waals surface area contributed by atoms with Gasteiger partial charge in [-0.2, -0.15) is 0 Å². The Morgan fingerprint density at radius 2 is 1.91 bits per heavy atom. The van der Waals surface area contributed by atoms with E-state index in [4.69, 9.17) is 16.1 Å². The molecule has 3 N–H and O–H groups in total. The maximum Gasteiger partial charge on any atom is 0.291 e. The largest absolute Gasteiger partial charge is 0.357 e. The van der Waals surface area contributed by atoms with E-state index in [1.807, 2.05) is 0 Å². The zero-order valence-corrected chi connectivity index (χ0v) is 12.4. The van der Waals surface area contributed by atoms with Crippen molar-refractivity contribution in [1.29, 1.82) is 0 Å². The highest BCUT2D eigenvalue weighted by atomic mass is 35.5. The Labute approximate surface area is 135 Å². The number of hydrogen-bond acceptors (Lipinski definition) is 4. The van der Waals surface area contributed by atoms with Gasteiger partial charge < -0.3 is 9.51 Å². The van der Waals surface area contributed by atoms with Crippen molar-refractivity contribution in [3.05, 3.63) is 65.1 Å². The number of hydrazine groups is 1. The summed E-state index contributed by atoms with van der Waals surface area (Å²) < 4.78 is 5.12. The van der Waals surface area contributed by atoms with E-state index >= 15 is 0 Å². The number of rotatable bonds is 3.